The normalized spacial score (nSPS) is 10.2. The summed E-state index contributed by atoms with van der Waals surface area (Å²) in [5.74, 6) is 0.943. The van der Waals surface area contributed by atoms with E-state index in [1.807, 2.05) is 36.4 Å². The van der Waals surface area contributed by atoms with Crippen molar-refractivity contribution < 1.29 is 14.3 Å². The summed E-state index contributed by atoms with van der Waals surface area (Å²) >= 11 is 3.39. The first-order valence-electron chi connectivity index (χ1n) is 9.17. The summed E-state index contributed by atoms with van der Waals surface area (Å²) in [6, 6.07) is 17.7. The second-order valence-electron chi connectivity index (χ2n) is 6.51. The van der Waals surface area contributed by atoms with Crippen molar-refractivity contribution in [3.05, 3.63) is 82.5 Å². The van der Waals surface area contributed by atoms with Crippen molar-refractivity contribution in [3.63, 3.8) is 0 Å². The van der Waals surface area contributed by atoms with Crippen LogP contribution < -0.4 is 15.4 Å². The van der Waals surface area contributed by atoms with Gasteiger partial charge >= 0.3 is 6.03 Å². The number of ether oxygens (including phenoxy) is 1. The van der Waals surface area contributed by atoms with Crippen molar-refractivity contribution in [1.29, 1.82) is 0 Å². The number of carbonyl (C=O) groups excluding carboxylic acids is 2. The number of aromatic nitrogens is 1. The molecule has 1 aromatic heterocycles. The molecule has 1 heterocycles. The standard InChI is InChI=1S/C22H21BrN4O3/c1-24-21(28)16-8-6-15(7-9-16)14-27(2)22(29)26-18-10-11-20(25-13-18)30-19-5-3-4-17(23)12-19/h3-13H,14H2,1-2H3,(H,24,28)(H,26,29). The molecular weight excluding hydrogens is 448 g/mol. The molecule has 2 N–H and O–H groups in total. The molecule has 7 nitrogen and oxygen atoms in total. The van der Waals surface area contributed by atoms with Crippen molar-refractivity contribution in [1.82, 2.24) is 15.2 Å². The van der Waals surface area contributed by atoms with Crippen molar-refractivity contribution in [2.45, 2.75) is 6.54 Å². The van der Waals surface area contributed by atoms with Crippen LogP contribution in [0.3, 0.4) is 0 Å². The molecule has 0 spiro atoms. The third kappa shape index (κ3) is 5.81. The van der Waals surface area contributed by atoms with Crippen LogP contribution in [0.2, 0.25) is 0 Å². The average molecular weight is 469 g/mol. The molecule has 0 aliphatic rings. The van der Waals surface area contributed by atoms with Crippen LogP contribution in [0.25, 0.3) is 0 Å². The minimum atomic E-state index is -0.271. The Kier molecular flexibility index (Phi) is 7.03. The summed E-state index contributed by atoms with van der Waals surface area (Å²) in [7, 11) is 3.28. The molecule has 0 atom stereocenters. The monoisotopic (exact) mass is 468 g/mol. The van der Waals surface area contributed by atoms with Gasteiger partial charge < -0.3 is 20.3 Å². The lowest BCUT2D eigenvalue weighted by atomic mass is 10.1. The maximum atomic E-state index is 12.4. The number of halogens is 1. The molecule has 0 radical (unpaired) electrons. The average Bonchev–Trinajstić information content (AvgIpc) is 2.75. The zero-order valence-corrected chi connectivity index (χ0v) is 18.1. The lowest BCUT2D eigenvalue weighted by Gasteiger charge is -2.18. The molecule has 3 aromatic rings. The Morgan fingerprint density at radius 2 is 1.87 bits per heavy atom. The summed E-state index contributed by atoms with van der Waals surface area (Å²) in [6.45, 7) is 0.400. The van der Waals surface area contributed by atoms with E-state index in [0.29, 0.717) is 29.4 Å². The highest BCUT2D eigenvalue weighted by Gasteiger charge is 2.11. The molecule has 0 unspecified atom stereocenters. The molecule has 0 saturated carbocycles. The van der Waals surface area contributed by atoms with E-state index < -0.39 is 0 Å². The topological polar surface area (TPSA) is 83.6 Å². The molecule has 2 aromatic carbocycles. The Morgan fingerprint density at radius 3 is 2.50 bits per heavy atom. The molecule has 3 rings (SSSR count). The lowest BCUT2D eigenvalue weighted by molar-refractivity contribution is 0.0963. The Labute approximate surface area is 183 Å². The molecule has 154 valence electrons. The summed E-state index contributed by atoms with van der Waals surface area (Å²) in [6.07, 6.45) is 1.54. The maximum absolute atomic E-state index is 12.4. The van der Waals surface area contributed by atoms with Crippen molar-refractivity contribution in [3.8, 4) is 11.6 Å². The number of nitrogens with one attached hydrogen (secondary N) is 2. The Hall–Kier alpha value is -3.39. The fourth-order valence-corrected chi connectivity index (χ4v) is 3.01. The summed E-state index contributed by atoms with van der Waals surface area (Å²) < 4.78 is 6.60. The van der Waals surface area contributed by atoms with Gasteiger partial charge in [0.25, 0.3) is 5.91 Å². The first kappa shape index (κ1) is 21.3. The largest absolute Gasteiger partial charge is 0.439 e. The first-order chi connectivity index (χ1) is 14.4. The van der Waals surface area contributed by atoms with Crippen LogP contribution in [0.1, 0.15) is 15.9 Å². The summed E-state index contributed by atoms with van der Waals surface area (Å²) in [5.41, 5.74) is 2.05. The SMILES string of the molecule is CNC(=O)c1ccc(CN(C)C(=O)Nc2ccc(Oc3cccc(Br)c3)nc2)cc1. The Morgan fingerprint density at radius 1 is 1.10 bits per heavy atom. The van der Waals surface area contributed by atoms with E-state index in [4.69, 9.17) is 4.74 Å². The number of carbonyl (C=O) groups is 2. The van der Waals surface area contributed by atoms with E-state index in [1.165, 1.54) is 6.20 Å². The predicted octanol–water partition coefficient (Wildman–Crippen LogP) is 4.66. The van der Waals surface area contributed by atoms with E-state index in [1.54, 1.807) is 43.3 Å². The minimum absolute atomic E-state index is 0.146. The first-order valence-corrected chi connectivity index (χ1v) is 9.96. The smallest absolute Gasteiger partial charge is 0.321 e. The van der Waals surface area contributed by atoms with Gasteiger partial charge in [-0.05, 0) is 42.0 Å². The Balaban J connectivity index is 1.55. The third-order valence-corrected chi connectivity index (χ3v) is 4.71. The predicted molar refractivity (Wildman–Crippen MR) is 119 cm³/mol. The van der Waals surface area contributed by atoms with Gasteiger partial charge in [0.1, 0.15) is 5.75 Å². The number of amides is 3. The van der Waals surface area contributed by atoms with Gasteiger partial charge in [-0.25, -0.2) is 9.78 Å². The number of hydrogen-bond acceptors (Lipinski definition) is 4. The molecule has 0 aliphatic heterocycles. The summed E-state index contributed by atoms with van der Waals surface area (Å²) in [5, 5.41) is 5.37. The molecule has 0 fully saturated rings. The van der Waals surface area contributed by atoms with Gasteiger partial charge in [-0.3, -0.25) is 4.79 Å². The molecule has 0 saturated heterocycles. The molecule has 8 heteroatoms. The van der Waals surface area contributed by atoms with Crippen LogP contribution in [0.4, 0.5) is 10.5 Å². The van der Waals surface area contributed by atoms with E-state index in [2.05, 4.69) is 31.5 Å². The van der Waals surface area contributed by atoms with Gasteiger partial charge in [0.05, 0.1) is 11.9 Å². The second-order valence-corrected chi connectivity index (χ2v) is 7.42. The highest BCUT2D eigenvalue weighted by Crippen LogP contribution is 2.23. The van der Waals surface area contributed by atoms with Gasteiger partial charge in [0.15, 0.2) is 0 Å². The number of urea groups is 1. The second kappa shape index (κ2) is 9.89. The molecule has 0 bridgehead atoms. The van der Waals surface area contributed by atoms with Gasteiger partial charge in [-0.1, -0.05) is 34.1 Å². The minimum Gasteiger partial charge on any atom is -0.439 e. The van der Waals surface area contributed by atoms with Crippen LogP contribution >= 0.6 is 15.9 Å². The van der Waals surface area contributed by atoms with E-state index >= 15 is 0 Å². The number of anilines is 1. The van der Waals surface area contributed by atoms with Crippen molar-refractivity contribution >= 4 is 33.6 Å². The van der Waals surface area contributed by atoms with Crippen LogP contribution in [-0.2, 0) is 6.54 Å². The molecule has 0 aliphatic carbocycles. The van der Waals surface area contributed by atoms with Crippen molar-refractivity contribution in [2.75, 3.05) is 19.4 Å². The zero-order chi connectivity index (χ0) is 21.5. The number of pyridine rings is 1. The quantitative estimate of drug-likeness (QED) is 0.550. The van der Waals surface area contributed by atoms with Gasteiger partial charge in [-0.2, -0.15) is 0 Å². The van der Waals surface area contributed by atoms with E-state index in [9.17, 15) is 9.59 Å². The van der Waals surface area contributed by atoms with Gasteiger partial charge in [0.2, 0.25) is 5.88 Å². The number of nitrogens with zero attached hydrogens (tertiary/aromatic N) is 2. The van der Waals surface area contributed by atoms with Crippen LogP contribution in [0, 0.1) is 0 Å². The fraction of sp³-hybridized carbons (Fsp3) is 0.136. The molecular formula is C22H21BrN4O3. The van der Waals surface area contributed by atoms with Gasteiger partial charge in [-0.15, -0.1) is 0 Å². The lowest BCUT2D eigenvalue weighted by Crippen LogP contribution is -2.30. The zero-order valence-electron chi connectivity index (χ0n) is 16.6. The van der Waals surface area contributed by atoms with Crippen LogP contribution in [0.5, 0.6) is 11.6 Å². The van der Waals surface area contributed by atoms with E-state index in [-0.39, 0.29) is 11.9 Å². The highest BCUT2D eigenvalue weighted by molar-refractivity contribution is 9.10. The number of benzene rings is 2. The fourth-order valence-electron chi connectivity index (χ4n) is 2.64. The maximum Gasteiger partial charge on any atom is 0.321 e. The summed E-state index contributed by atoms with van der Waals surface area (Å²) in [4.78, 5) is 29.8. The number of rotatable bonds is 6. The van der Waals surface area contributed by atoms with Crippen LogP contribution in [0.15, 0.2) is 71.3 Å². The third-order valence-electron chi connectivity index (χ3n) is 4.22. The Bertz CT molecular complexity index is 1020. The van der Waals surface area contributed by atoms with Crippen LogP contribution in [-0.4, -0.2) is 35.9 Å². The molecule has 3 amide bonds. The van der Waals surface area contributed by atoms with Gasteiger partial charge in [0, 0.05) is 36.7 Å². The molecule has 30 heavy (non-hydrogen) atoms. The highest BCUT2D eigenvalue weighted by atomic mass is 79.9. The number of hydrogen-bond donors (Lipinski definition) is 2. The van der Waals surface area contributed by atoms with E-state index in [0.717, 1.165) is 10.0 Å². The van der Waals surface area contributed by atoms with Crippen molar-refractivity contribution in [2.24, 2.45) is 0 Å².